The van der Waals surface area contributed by atoms with Crippen molar-refractivity contribution in [3.8, 4) is 0 Å². The number of halogens is 3. The van der Waals surface area contributed by atoms with Crippen LogP contribution in [0.5, 0.6) is 0 Å². The Hall–Kier alpha value is -0.480. The third-order valence-electron chi connectivity index (χ3n) is 3.02. The summed E-state index contributed by atoms with van der Waals surface area (Å²) in [6.07, 6.45) is 1.92. The summed E-state index contributed by atoms with van der Waals surface area (Å²) in [5, 5.41) is 0. The van der Waals surface area contributed by atoms with Crippen molar-refractivity contribution in [2.45, 2.75) is 30.2 Å². The highest BCUT2D eigenvalue weighted by Crippen LogP contribution is 2.43. The van der Waals surface area contributed by atoms with Gasteiger partial charge in [0.05, 0.1) is 10.4 Å². The average Bonchev–Trinajstić information content (AvgIpc) is 2.70. The predicted octanol–water partition coefficient (Wildman–Crippen LogP) is 3.97. The fourth-order valence-corrected chi connectivity index (χ4v) is 2.67. The molecule has 0 amide bonds. The quantitative estimate of drug-likeness (QED) is 0.749. The Balaban J connectivity index is 2.26. The van der Waals surface area contributed by atoms with E-state index in [9.17, 15) is 8.78 Å². The second kappa shape index (κ2) is 4.41. The van der Waals surface area contributed by atoms with E-state index in [2.05, 4.69) is 15.9 Å². The van der Waals surface area contributed by atoms with E-state index in [1.807, 2.05) is 6.92 Å². The van der Waals surface area contributed by atoms with Crippen molar-refractivity contribution in [1.29, 1.82) is 0 Å². The van der Waals surface area contributed by atoms with Crippen LogP contribution in [0, 0.1) is 11.6 Å². The zero-order chi connectivity index (χ0) is 11.8. The monoisotopic (exact) mass is 290 g/mol. The largest absolute Gasteiger partial charge is 0.374 e. The molecule has 0 radical (unpaired) electrons. The molecule has 2 unspecified atom stereocenters. The van der Waals surface area contributed by atoms with Crippen LogP contribution in [0.1, 0.15) is 30.2 Å². The van der Waals surface area contributed by atoms with Crippen molar-refractivity contribution in [2.75, 3.05) is 6.61 Å². The number of hydrogen-bond acceptors (Lipinski definition) is 1. The molecule has 0 aliphatic carbocycles. The predicted molar refractivity (Wildman–Crippen MR) is 61.6 cm³/mol. The summed E-state index contributed by atoms with van der Waals surface area (Å²) < 4.78 is 31.6. The Morgan fingerprint density at radius 2 is 2.12 bits per heavy atom. The Bertz CT molecular complexity index is 389. The van der Waals surface area contributed by atoms with Crippen molar-refractivity contribution in [2.24, 2.45) is 0 Å². The zero-order valence-corrected chi connectivity index (χ0v) is 10.6. The van der Waals surface area contributed by atoms with Gasteiger partial charge in [-0.3, -0.25) is 0 Å². The van der Waals surface area contributed by atoms with E-state index < -0.39 is 11.6 Å². The summed E-state index contributed by atoms with van der Waals surface area (Å²) in [6, 6.07) is 3.96. The van der Waals surface area contributed by atoms with Gasteiger partial charge in [0.15, 0.2) is 11.6 Å². The number of ether oxygens (including phenoxy) is 1. The van der Waals surface area contributed by atoms with E-state index in [-0.39, 0.29) is 10.4 Å². The summed E-state index contributed by atoms with van der Waals surface area (Å²) >= 11 is 3.51. The molecular weight excluding hydrogens is 278 g/mol. The molecule has 2 rings (SSSR count). The molecule has 1 saturated heterocycles. The van der Waals surface area contributed by atoms with Crippen LogP contribution in [-0.2, 0) is 4.74 Å². The molecule has 1 aliphatic rings. The van der Waals surface area contributed by atoms with Crippen molar-refractivity contribution in [1.82, 2.24) is 0 Å². The molecule has 1 aliphatic heterocycles. The van der Waals surface area contributed by atoms with Gasteiger partial charge in [-0.15, -0.1) is 0 Å². The van der Waals surface area contributed by atoms with Crippen LogP contribution in [0.15, 0.2) is 18.2 Å². The highest BCUT2D eigenvalue weighted by atomic mass is 79.9. The lowest BCUT2D eigenvalue weighted by atomic mass is 9.93. The Kier molecular flexibility index (Phi) is 3.31. The summed E-state index contributed by atoms with van der Waals surface area (Å²) in [5.74, 6) is -1.63. The average molecular weight is 291 g/mol. The first kappa shape index (κ1) is 12.0. The van der Waals surface area contributed by atoms with Crippen LogP contribution in [-0.4, -0.2) is 12.2 Å². The maximum absolute atomic E-state index is 13.1. The fraction of sp³-hybridized carbons (Fsp3) is 0.500. The van der Waals surface area contributed by atoms with Gasteiger partial charge in [0.2, 0.25) is 0 Å². The first-order chi connectivity index (χ1) is 7.53. The third-order valence-corrected chi connectivity index (χ3v) is 4.52. The van der Waals surface area contributed by atoms with Crippen LogP contribution in [0.4, 0.5) is 8.78 Å². The summed E-state index contributed by atoms with van der Waals surface area (Å²) in [5.41, 5.74) is 0.382. The molecule has 88 valence electrons. The van der Waals surface area contributed by atoms with E-state index in [4.69, 9.17) is 4.74 Å². The number of rotatable bonds is 2. The minimum Gasteiger partial charge on any atom is -0.374 e. The molecule has 4 heteroatoms. The minimum atomic E-state index is -0.819. The second-order valence-electron chi connectivity index (χ2n) is 4.30. The van der Waals surface area contributed by atoms with Crippen molar-refractivity contribution < 1.29 is 13.5 Å². The highest BCUT2D eigenvalue weighted by molar-refractivity contribution is 9.09. The molecule has 1 fully saturated rings. The maximum atomic E-state index is 13.1. The smallest absolute Gasteiger partial charge is 0.159 e. The molecule has 1 heterocycles. The molecular formula is C12H13BrF2O. The molecule has 0 spiro atoms. The molecule has 2 atom stereocenters. The minimum absolute atomic E-state index is 0.113. The van der Waals surface area contributed by atoms with E-state index in [0.29, 0.717) is 5.56 Å². The van der Waals surface area contributed by atoms with Gasteiger partial charge in [0, 0.05) is 6.61 Å². The molecule has 1 nitrogen and oxygen atoms in total. The van der Waals surface area contributed by atoms with E-state index in [0.717, 1.165) is 25.5 Å². The first-order valence-corrected chi connectivity index (χ1v) is 6.17. The molecule has 0 saturated carbocycles. The van der Waals surface area contributed by atoms with E-state index in [1.54, 1.807) is 6.07 Å². The van der Waals surface area contributed by atoms with Crippen molar-refractivity contribution in [3.05, 3.63) is 35.4 Å². The lowest BCUT2D eigenvalue weighted by Gasteiger charge is -2.29. The Morgan fingerprint density at radius 1 is 1.38 bits per heavy atom. The Labute approximate surface area is 102 Å². The molecule has 0 bridgehead atoms. The fourth-order valence-electron chi connectivity index (χ4n) is 2.02. The number of alkyl halides is 1. The lowest BCUT2D eigenvalue weighted by molar-refractivity contribution is 0.0197. The maximum Gasteiger partial charge on any atom is 0.159 e. The van der Waals surface area contributed by atoms with Gasteiger partial charge in [-0.05, 0) is 37.5 Å². The topological polar surface area (TPSA) is 9.23 Å². The van der Waals surface area contributed by atoms with E-state index in [1.165, 1.54) is 6.07 Å². The SMILES string of the molecule is CC1(C(Br)c2ccc(F)c(F)c2)CCCO1. The van der Waals surface area contributed by atoms with Gasteiger partial charge in [0.25, 0.3) is 0 Å². The molecule has 0 N–H and O–H groups in total. The summed E-state index contributed by atoms with van der Waals surface area (Å²) in [7, 11) is 0. The number of hydrogen-bond donors (Lipinski definition) is 0. The van der Waals surface area contributed by atoms with Crippen LogP contribution in [0.25, 0.3) is 0 Å². The van der Waals surface area contributed by atoms with Gasteiger partial charge in [-0.2, -0.15) is 0 Å². The normalized spacial score (nSPS) is 27.0. The Morgan fingerprint density at radius 3 is 2.69 bits per heavy atom. The number of benzene rings is 1. The first-order valence-electron chi connectivity index (χ1n) is 5.26. The van der Waals surface area contributed by atoms with Crippen LogP contribution < -0.4 is 0 Å². The van der Waals surface area contributed by atoms with Crippen LogP contribution >= 0.6 is 15.9 Å². The molecule has 16 heavy (non-hydrogen) atoms. The third kappa shape index (κ3) is 2.13. The summed E-state index contributed by atoms with van der Waals surface area (Å²) in [4.78, 5) is -0.113. The highest BCUT2D eigenvalue weighted by Gasteiger charge is 2.38. The molecule has 1 aromatic rings. The van der Waals surface area contributed by atoms with Crippen molar-refractivity contribution >= 4 is 15.9 Å². The van der Waals surface area contributed by atoms with Gasteiger partial charge in [-0.25, -0.2) is 8.78 Å². The van der Waals surface area contributed by atoms with Gasteiger partial charge in [-0.1, -0.05) is 22.0 Å². The van der Waals surface area contributed by atoms with Crippen LogP contribution in [0.2, 0.25) is 0 Å². The molecule has 0 aromatic heterocycles. The van der Waals surface area contributed by atoms with Crippen molar-refractivity contribution in [3.63, 3.8) is 0 Å². The zero-order valence-electron chi connectivity index (χ0n) is 8.97. The summed E-state index contributed by atoms with van der Waals surface area (Å²) in [6.45, 7) is 2.71. The lowest BCUT2D eigenvalue weighted by Crippen LogP contribution is -2.28. The molecule has 1 aromatic carbocycles. The van der Waals surface area contributed by atoms with Crippen LogP contribution in [0.3, 0.4) is 0 Å². The standard InChI is InChI=1S/C12H13BrF2O/c1-12(5-2-6-16-12)11(13)8-3-4-9(14)10(15)7-8/h3-4,7,11H,2,5-6H2,1H3. The van der Waals surface area contributed by atoms with E-state index >= 15 is 0 Å². The van der Waals surface area contributed by atoms with Gasteiger partial charge in [0.1, 0.15) is 0 Å². The van der Waals surface area contributed by atoms with Gasteiger partial charge < -0.3 is 4.74 Å². The second-order valence-corrected chi connectivity index (χ2v) is 5.22. The van der Waals surface area contributed by atoms with Gasteiger partial charge >= 0.3 is 0 Å².